The van der Waals surface area contributed by atoms with Gasteiger partial charge in [0.05, 0.1) is 17.1 Å². The molecular formula is C11H14ClN3O3. The lowest BCUT2D eigenvalue weighted by molar-refractivity contribution is -0.119. The maximum atomic E-state index is 11.4. The molecule has 0 aromatic carbocycles. The first-order valence-corrected chi connectivity index (χ1v) is 5.70. The fraction of sp³-hybridized carbons (Fsp3) is 0.364. The number of pyridine rings is 1. The lowest BCUT2D eigenvalue weighted by Crippen LogP contribution is -2.35. The molecular weight excluding hydrogens is 258 g/mol. The molecule has 0 spiro atoms. The van der Waals surface area contributed by atoms with Gasteiger partial charge in [0.1, 0.15) is 5.82 Å². The lowest BCUT2D eigenvalue weighted by Gasteiger charge is -2.17. The van der Waals surface area contributed by atoms with Crippen LogP contribution in [0.25, 0.3) is 0 Å². The molecule has 1 aromatic rings. The topological polar surface area (TPSA) is 82.5 Å². The average Bonchev–Trinajstić information content (AvgIpc) is 2.29. The molecule has 0 fully saturated rings. The number of likely N-dealkylation sites (N-methyl/N-ethyl adjacent to an activating group) is 2. The highest BCUT2D eigenvalue weighted by atomic mass is 35.5. The van der Waals surface area contributed by atoms with Crippen LogP contribution in [0.15, 0.2) is 12.3 Å². The Morgan fingerprint density at radius 1 is 1.56 bits per heavy atom. The Balaban J connectivity index is 2.86. The number of carboxylic acids is 1. The molecule has 0 atom stereocenters. The number of rotatable bonds is 5. The van der Waals surface area contributed by atoms with E-state index in [1.165, 1.54) is 12.3 Å². The number of carboxylic acid groups (broad SMARTS) is 1. The van der Waals surface area contributed by atoms with Gasteiger partial charge in [-0.25, -0.2) is 9.78 Å². The molecule has 18 heavy (non-hydrogen) atoms. The van der Waals surface area contributed by atoms with Crippen molar-refractivity contribution in [1.29, 1.82) is 0 Å². The van der Waals surface area contributed by atoms with E-state index in [1.54, 1.807) is 11.9 Å². The molecule has 2 N–H and O–H groups in total. The number of nitrogens with one attached hydrogen (secondary N) is 1. The zero-order valence-corrected chi connectivity index (χ0v) is 10.9. The van der Waals surface area contributed by atoms with Gasteiger partial charge in [0.15, 0.2) is 0 Å². The number of aromatic carboxylic acids is 1. The number of carbonyl (C=O) groups is 2. The quantitative estimate of drug-likeness (QED) is 0.835. The molecule has 1 heterocycles. The Labute approximate surface area is 110 Å². The molecule has 0 saturated heterocycles. The van der Waals surface area contributed by atoms with Crippen LogP contribution in [-0.2, 0) is 4.79 Å². The molecule has 1 amide bonds. The molecule has 7 heteroatoms. The molecule has 1 rings (SSSR count). The summed E-state index contributed by atoms with van der Waals surface area (Å²) in [6.07, 6.45) is 1.26. The van der Waals surface area contributed by atoms with Gasteiger partial charge in [0.25, 0.3) is 0 Å². The summed E-state index contributed by atoms with van der Waals surface area (Å²) in [5, 5.41) is 11.6. The van der Waals surface area contributed by atoms with E-state index < -0.39 is 5.97 Å². The number of hydrogen-bond donors (Lipinski definition) is 2. The number of amides is 1. The number of hydrogen-bond acceptors (Lipinski definition) is 4. The van der Waals surface area contributed by atoms with Gasteiger partial charge in [0, 0.05) is 19.8 Å². The van der Waals surface area contributed by atoms with Gasteiger partial charge in [-0.1, -0.05) is 11.6 Å². The third kappa shape index (κ3) is 3.59. The maximum Gasteiger partial charge on any atom is 0.337 e. The Morgan fingerprint density at radius 2 is 2.22 bits per heavy atom. The fourth-order valence-electron chi connectivity index (χ4n) is 1.35. The predicted octanol–water partition coefficient (Wildman–Crippen LogP) is 1.01. The van der Waals surface area contributed by atoms with Crippen LogP contribution in [0.4, 0.5) is 5.82 Å². The molecule has 0 aliphatic heterocycles. The number of anilines is 1. The van der Waals surface area contributed by atoms with E-state index in [0.717, 1.165) is 0 Å². The van der Waals surface area contributed by atoms with Crippen molar-refractivity contribution < 1.29 is 14.7 Å². The van der Waals surface area contributed by atoms with Crippen LogP contribution in [0.1, 0.15) is 17.3 Å². The monoisotopic (exact) mass is 271 g/mol. The summed E-state index contributed by atoms with van der Waals surface area (Å²) in [5.74, 6) is -0.910. The SMILES string of the molecule is CCNC(=O)CN(C)c1cc(C(=O)O)c(Cl)cn1. The van der Waals surface area contributed by atoms with Crippen molar-refractivity contribution in [3.8, 4) is 0 Å². The van der Waals surface area contributed by atoms with Crippen LogP contribution in [-0.4, -0.2) is 42.1 Å². The van der Waals surface area contributed by atoms with Crippen molar-refractivity contribution in [2.75, 3.05) is 25.0 Å². The minimum absolute atomic E-state index is 0.0376. The highest BCUT2D eigenvalue weighted by Crippen LogP contribution is 2.19. The van der Waals surface area contributed by atoms with Gasteiger partial charge in [-0.05, 0) is 13.0 Å². The van der Waals surface area contributed by atoms with Gasteiger partial charge >= 0.3 is 5.97 Å². The summed E-state index contributed by atoms with van der Waals surface area (Å²) in [5.41, 5.74) is -0.0376. The van der Waals surface area contributed by atoms with Crippen LogP contribution in [0.2, 0.25) is 5.02 Å². The molecule has 0 saturated carbocycles. The zero-order chi connectivity index (χ0) is 13.7. The van der Waals surface area contributed by atoms with Crippen molar-refractivity contribution in [2.45, 2.75) is 6.92 Å². The van der Waals surface area contributed by atoms with E-state index in [9.17, 15) is 9.59 Å². The number of aromatic nitrogens is 1. The highest BCUT2D eigenvalue weighted by molar-refractivity contribution is 6.33. The van der Waals surface area contributed by atoms with Gasteiger partial charge in [-0.15, -0.1) is 0 Å². The van der Waals surface area contributed by atoms with E-state index in [2.05, 4.69) is 10.3 Å². The van der Waals surface area contributed by atoms with Crippen LogP contribution in [0.3, 0.4) is 0 Å². The standard InChI is InChI=1S/C11H14ClN3O3/c1-3-13-10(16)6-15(2)9-4-7(11(17)18)8(12)5-14-9/h4-5H,3,6H2,1-2H3,(H,13,16)(H,17,18). The number of carbonyl (C=O) groups excluding carboxylic acids is 1. The van der Waals surface area contributed by atoms with Crippen LogP contribution in [0.5, 0.6) is 0 Å². The molecule has 6 nitrogen and oxygen atoms in total. The summed E-state index contributed by atoms with van der Waals surface area (Å²) in [4.78, 5) is 27.8. The van der Waals surface area contributed by atoms with E-state index in [0.29, 0.717) is 12.4 Å². The largest absolute Gasteiger partial charge is 0.478 e. The first kappa shape index (κ1) is 14.2. The van der Waals surface area contributed by atoms with Crippen molar-refractivity contribution in [3.05, 3.63) is 22.8 Å². The number of nitrogens with zero attached hydrogens (tertiary/aromatic N) is 2. The Morgan fingerprint density at radius 3 is 2.78 bits per heavy atom. The number of halogens is 1. The van der Waals surface area contributed by atoms with Crippen LogP contribution < -0.4 is 10.2 Å². The first-order chi connectivity index (χ1) is 8.45. The van der Waals surface area contributed by atoms with Crippen molar-refractivity contribution in [2.24, 2.45) is 0 Å². The summed E-state index contributed by atoms with van der Waals surface area (Å²) < 4.78 is 0. The molecule has 0 radical (unpaired) electrons. The maximum absolute atomic E-state index is 11.4. The van der Waals surface area contributed by atoms with Gasteiger partial charge < -0.3 is 15.3 Å². The third-order valence-electron chi connectivity index (χ3n) is 2.22. The molecule has 0 aliphatic carbocycles. The second kappa shape index (κ2) is 6.20. The summed E-state index contributed by atoms with van der Waals surface area (Å²) >= 11 is 5.71. The molecule has 98 valence electrons. The molecule has 0 unspecified atom stereocenters. The van der Waals surface area contributed by atoms with Crippen LogP contribution >= 0.6 is 11.6 Å². The van der Waals surface area contributed by atoms with E-state index in [-0.39, 0.29) is 23.0 Å². The first-order valence-electron chi connectivity index (χ1n) is 5.32. The molecule has 0 bridgehead atoms. The summed E-state index contributed by atoms with van der Waals surface area (Å²) in [7, 11) is 1.65. The predicted molar refractivity (Wildman–Crippen MR) is 68.2 cm³/mol. The third-order valence-corrected chi connectivity index (χ3v) is 2.52. The summed E-state index contributed by atoms with van der Waals surface area (Å²) in [6.45, 7) is 2.46. The minimum Gasteiger partial charge on any atom is -0.478 e. The van der Waals surface area contributed by atoms with Crippen molar-refractivity contribution in [3.63, 3.8) is 0 Å². The Kier molecular flexibility index (Phi) is 4.91. The minimum atomic E-state index is -1.13. The smallest absolute Gasteiger partial charge is 0.337 e. The summed E-state index contributed by atoms with van der Waals surface area (Å²) in [6, 6.07) is 1.34. The second-order valence-corrected chi connectivity index (χ2v) is 4.04. The Hall–Kier alpha value is -1.82. The molecule has 0 aliphatic rings. The Bertz CT molecular complexity index is 465. The van der Waals surface area contributed by atoms with Crippen molar-refractivity contribution >= 4 is 29.3 Å². The van der Waals surface area contributed by atoms with E-state index >= 15 is 0 Å². The van der Waals surface area contributed by atoms with Gasteiger partial charge in [-0.2, -0.15) is 0 Å². The second-order valence-electron chi connectivity index (χ2n) is 3.64. The van der Waals surface area contributed by atoms with Crippen molar-refractivity contribution in [1.82, 2.24) is 10.3 Å². The van der Waals surface area contributed by atoms with Gasteiger partial charge in [-0.3, -0.25) is 4.79 Å². The van der Waals surface area contributed by atoms with Gasteiger partial charge in [0.2, 0.25) is 5.91 Å². The zero-order valence-electron chi connectivity index (χ0n) is 10.1. The van der Waals surface area contributed by atoms with Crippen LogP contribution in [0, 0.1) is 0 Å². The average molecular weight is 272 g/mol. The normalized spacial score (nSPS) is 9.94. The molecule has 1 aromatic heterocycles. The fourth-order valence-corrected chi connectivity index (χ4v) is 1.53. The highest BCUT2D eigenvalue weighted by Gasteiger charge is 2.14. The van der Waals surface area contributed by atoms with E-state index in [4.69, 9.17) is 16.7 Å². The van der Waals surface area contributed by atoms with E-state index in [1.807, 2.05) is 6.92 Å². The lowest BCUT2D eigenvalue weighted by atomic mass is 10.2.